The molecule has 0 aliphatic heterocycles. The third-order valence-electron chi connectivity index (χ3n) is 4.75. The fourth-order valence-electron chi connectivity index (χ4n) is 3.28. The van der Waals surface area contributed by atoms with Crippen molar-refractivity contribution >= 4 is 22.0 Å². The van der Waals surface area contributed by atoms with Crippen molar-refractivity contribution in [2.45, 2.75) is 26.6 Å². The highest BCUT2D eigenvalue weighted by atomic mass is 19.4. The average molecular weight is 372 g/mol. The Hall–Kier alpha value is -3.09. The molecule has 4 rings (SSSR count). The van der Waals surface area contributed by atoms with E-state index in [1.54, 1.807) is 24.3 Å². The van der Waals surface area contributed by atoms with E-state index in [9.17, 15) is 18.0 Å². The Kier molecular flexibility index (Phi) is 3.83. The third kappa shape index (κ3) is 2.89. The van der Waals surface area contributed by atoms with Crippen molar-refractivity contribution in [2.24, 2.45) is 0 Å². The molecule has 0 amide bonds. The van der Waals surface area contributed by atoms with Crippen LogP contribution in [0.25, 0.3) is 22.0 Å². The van der Waals surface area contributed by atoms with E-state index >= 15 is 0 Å². The molecule has 138 valence electrons. The van der Waals surface area contributed by atoms with Crippen LogP contribution >= 0.6 is 0 Å². The van der Waals surface area contributed by atoms with Crippen LogP contribution in [0.15, 0.2) is 51.7 Å². The topological polar surface area (TPSA) is 48.0 Å². The first kappa shape index (κ1) is 17.3. The summed E-state index contributed by atoms with van der Waals surface area (Å²) in [4.78, 5) is 15.8. The highest BCUT2D eigenvalue weighted by Crippen LogP contribution is 2.33. The summed E-state index contributed by atoms with van der Waals surface area (Å²) in [5.74, 6) is -0.992. The SMILES string of the molecule is Cc1ccc2c(Cn3c(C(F)(F)F)nc4ccccc43)cc(=O)oc2c1C. The molecule has 0 unspecified atom stereocenters. The number of rotatable bonds is 2. The second kappa shape index (κ2) is 5.97. The summed E-state index contributed by atoms with van der Waals surface area (Å²) in [6.07, 6.45) is -4.61. The number of imidazole rings is 1. The van der Waals surface area contributed by atoms with Crippen molar-refractivity contribution < 1.29 is 17.6 Å². The van der Waals surface area contributed by atoms with Crippen LogP contribution in [-0.2, 0) is 12.7 Å². The van der Waals surface area contributed by atoms with E-state index in [0.29, 0.717) is 22.0 Å². The highest BCUT2D eigenvalue weighted by molar-refractivity contribution is 5.84. The number of alkyl halides is 3. The van der Waals surface area contributed by atoms with Gasteiger partial charge in [0, 0.05) is 11.5 Å². The molecular formula is C20H15F3N2O2. The van der Waals surface area contributed by atoms with Gasteiger partial charge in [-0.25, -0.2) is 9.78 Å². The maximum Gasteiger partial charge on any atom is 0.449 e. The summed E-state index contributed by atoms with van der Waals surface area (Å²) in [6.45, 7) is 3.56. The molecule has 0 saturated carbocycles. The maximum atomic E-state index is 13.5. The predicted molar refractivity (Wildman–Crippen MR) is 95.8 cm³/mol. The minimum absolute atomic E-state index is 0.139. The second-order valence-electron chi connectivity index (χ2n) is 6.48. The van der Waals surface area contributed by atoms with Crippen LogP contribution in [-0.4, -0.2) is 9.55 Å². The van der Waals surface area contributed by atoms with Crippen molar-refractivity contribution in [3.8, 4) is 0 Å². The molecule has 0 bridgehead atoms. The Morgan fingerprint density at radius 3 is 2.59 bits per heavy atom. The van der Waals surface area contributed by atoms with Crippen LogP contribution in [0.3, 0.4) is 0 Å². The number of hydrogen-bond donors (Lipinski definition) is 0. The first-order valence-electron chi connectivity index (χ1n) is 8.31. The first-order chi connectivity index (χ1) is 12.8. The lowest BCUT2D eigenvalue weighted by Crippen LogP contribution is -2.16. The molecule has 0 aliphatic carbocycles. The van der Waals surface area contributed by atoms with E-state index in [1.165, 1.54) is 12.1 Å². The van der Waals surface area contributed by atoms with Crippen LogP contribution < -0.4 is 5.63 Å². The van der Waals surface area contributed by atoms with Gasteiger partial charge in [-0.2, -0.15) is 13.2 Å². The van der Waals surface area contributed by atoms with Gasteiger partial charge >= 0.3 is 11.8 Å². The van der Waals surface area contributed by atoms with E-state index in [1.807, 2.05) is 19.9 Å². The molecule has 2 aromatic carbocycles. The molecular weight excluding hydrogens is 357 g/mol. The van der Waals surface area contributed by atoms with E-state index in [-0.39, 0.29) is 12.1 Å². The summed E-state index contributed by atoms with van der Waals surface area (Å²) in [5.41, 5.74) is 2.60. The Balaban J connectivity index is 1.98. The molecule has 2 aromatic heterocycles. The van der Waals surface area contributed by atoms with Gasteiger partial charge in [-0.05, 0) is 42.7 Å². The first-order valence-corrected chi connectivity index (χ1v) is 8.31. The van der Waals surface area contributed by atoms with Gasteiger partial charge in [0.05, 0.1) is 17.6 Å². The summed E-state index contributed by atoms with van der Waals surface area (Å²) in [5, 5.41) is 0.614. The molecule has 27 heavy (non-hydrogen) atoms. The van der Waals surface area contributed by atoms with Crippen molar-refractivity contribution in [3.05, 3.63) is 75.4 Å². The fourth-order valence-corrected chi connectivity index (χ4v) is 3.28. The monoisotopic (exact) mass is 372 g/mol. The van der Waals surface area contributed by atoms with Crippen LogP contribution in [0.4, 0.5) is 13.2 Å². The van der Waals surface area contributed by atoms with Gasteiger partial charge in [-0.3, -0.25) is 0 Å². The standard InChI is InChI=1S/C20H15F3N2O2/c1-11-7-8-14-13(9-17(26)27-18(14)12(11)2)10-25-16-6-4-3-5-15(16)24-19(25)20(21,22)23/h3-9H,10H2,1-2H3. The zero-order valence-corrected chi connectivity index (χ0v) is 14.6. The number of fused-ring (bicyclic) bond motifs is 2. The number of para-hydroxylation sites is 2. The Morgan fingerprint density at radius 2 is 1.85 bits per heavy atom. The zero-order valence-electron chi connectivity index (χ0n) is 14.6. The molecule has 0 aliphatic rings. The minimum atomic E-state index is -4.61. The molecule has 7 heteroatoms. The largest absolute Gasteiger partial charge is 0.449 e. The second-order valence-corrected chi connectivity index (χ2v) is 6.48. The van der Waals surface area contributed by atoms with Gasteiger partial charge in [0.15, 0.2) is 0 Å². The number of benzene rings is 2. The highest BCUT2D eigenvalue weighted by Gasteiger charge is 2.37. The molecule has 0 radical (unpaired) electrons. The van der Waals surface area contributed by atoms with Crippen molar-refractivity contribution in [1.82, 2.24) is 9.55 Å². The van der Waals surface area contributed by atoms with Gasteiger partial charge in [-0.1, -0.05) is 24.3 Å². The van der Waals surface area contributed by atoms with Crippen molar-refractivity contribution in [1.29, 1.82) is 0 Å². The predicted octanol–water partition coefficient (Wildman–Crippen LogP) is 4.83. The molecule has 0 saturated heterocycles. The molecule has 0 spiro atoms. The summed E-state index contributed by atoms with van der Waals surface area (Å²) >= 11 is 0. The summed E-state index contributed by atoms with van der Waals surface area (Å²) < 4.78 is 47.0. The molecule has 0 fully saturated rings. The van der Waals surface area contributed by atoms with E-state index in [2.05, 4.69) is 4.98 Å². The third-order valence-corrected chi connectivity index (χ3v) is 4.75. The lowest BCUT2D eigenvalue weighted by molar-refractivity contribution is -0.146. The Bertz CT molecular complexity index is 1240. The van der Waals surface area contributed by atoms with Gasteiger partial charge in [-0.15, -0.1) is 0 Å². The lowest BCUT2D eigenvalue weighted by atomic mass is 10.0. The normalized spacial score (nSPS) is 12.2. The Labute approximate surface area is 151 Å². The van der Waals surface area contributed by atoms with E-state index < -0.39 is 17.6 Å². The van der Waals surface area contributed by atoms with Crippen LogP contribution in [0.1, 0.15) is 22.5 Å². The van der Waals surface area contributed by atoms with Gasteiger partial charge in [0.2, 0.25) is 5.82 Å². The molecule has 4 nitrogen and oxygen atoms in total. The number of aromatic nitrogens is 2. The van der Waals surface area contributed by atoms with Gasteiger partial charge in [0.1, 0.15) is 5.58 Å². The smallest absolute Gasteiger partial charge is 0.422 e. The van der Waals surface area contributed by atoms with Gasteiger partial charge in [0.25, 0.3) is 0 Å². The van der Waals surface area contributed by atoms with Crippen molar-refractivity contribution in [3.63, 3.8) is 0 Å². The molecule has 0 atom stereocenters. The number of hydrogen-bond acceptors (Lipinski definition) is 3. The number of nitrogens with zero attached hydrogens (tertiary/aromatic N) is 2. The van der Waals surface area contributed by atoms with Crippen LogP contribution in [0.2, 0.25) is 0 Å². The lowest BCUT2D eigenvalue weighted by Gasteiger charge is -2.13. The van der Waals surface area contributed by atoms with E-state index in [0.717, 1.165) is 15.7 Å². The van der Waals surface area contributed by atoms with Crippen molar-refractivity contribution in [2.75, 3.05) is 0 Å². The summed E-state index contributed by atoms with van der Waals surface area (Å²) in [7, 11) is 0. The average Bonchev–Trinajstić information content (AvgIpc) is 2.98. The Morgan fingerprint density at radius 1 is 1.11 bits per heavy atom. The molecule has 0 N–H and O–H groups in total. The van der Waals surface area contributed by atoms with Crippen LogP contribution in [0.5, 0.6) is 0 Å². The number of aryl methyl sites for hydroxylation is 2. The maximum absolute atomic E-state index is 13.5. The molecule has 2 heterocycles. The summed E-state index contributed by atoms with van der Waals surface area (Å²) in [6, 6.07) is 11.3. The van der Waals surface area contributed by atoms with Crippen LogP contribution in [0, 0.1) is 13.8 Å². The quantitative estimate of drug-likeness (QED) is 0.474. The number of halogens is 3. The molecule has 4 aromatic rings. The minimum Gasteiger partial charge on any atom is -0.422 e. The fraction of sp³-hybridized carbons (Fsp3) is 0.200. The van der Waals surface area contributed by atoms with E-state index in [4.69, 9.17) is 4.42 Å². The zero-order chi connectivity index (χ0) is 19.3. The van der Waals surface area contributed by atoms with Gasteiger partial charge < -0.3 is 8.98 Å².